The molecule has 0 heterocycles. The Hall–Kier alpha value is -0.670. The molecule has 0 unspecified atom stereocenters. The van der Waals surface area contributed by atoms with Gasteiger partial charge in [-0.1, -0.05) is 48.3 Å². The summed E-state index contributed by atoms with van der Waals surface area (Å²) in [6.07, 6.45) is 0. The maximum absolute atomic E-state index is 6.03. The Labute approximate surface area is 134 Å². The summed E-state index contributed by atoms with van der Waals surface area (Å²) in [6.45, 7) is 4.02. The molecule has 2 rings (SSSR count). The predicted molar refractivity (Wildman–Crippen MR) is 89.8 cm³/mol. The minimum absolute atomic E-state index is 0.605. The van der Waals surface area contributed by atoms with Crippen LogP contribution in [0.4, 0.5) is 0 Å². The topological polar surface area (TPSA) is 12.0 Å². The molecule has 0 atom stereocenters. The van der Waals surface area contributed by atoms with Gasteiger partial charge in [0, 0.05) is 17.2 Å². The summed E-state index contributed by atoms with van der Waals surface area (Å²) in [5.74, 6) is 0.890. The molecular weight excluding hydrogens is 309 g/mol. The van der Waals surface area contributed by atoms with Gasteiger partial charge in [-0.3, -0.25) is 0 Å². The summed E-state index contributed by atoms with van der Waals surface area (Å²) in [6, 6.07) is 14.4. The molecule has 2 aromatic carbocycles. The van der Waals surface area contributed by atoms with E-state index in [-0.39, 0.29) is 0 Å². The second-order valence-electron chi connectivity index (χ2n) is 4.46. The summed E-state index contributed by atoms with van der Waals surface area (Å²) in [7, 11) is 0. The average Bonchev–Trinajstić information content (AvgIpc) is 2.47. The third-order valence-electron chi connectivity index (χ3n) is 2.87. The highest BCUT2D eigenvalue weighted by atomic mass is 35.5. The summed E-state index contributed by atoms with van der Waals surface area (Å²) >= 11 is 13.8. The molecule has 0 aliphatic heterocycles. The smallest absolute Gasteiger partial charge is 0.0595 e. The second kappa shape index (κ2) is 7.94. The normalized spacial score (nSPS) is 10.8. The molecule has 0 amide bonds. The van der Waals surface area contributed by atoms with Crippen molar-refractivity contribution in [3.05, 3.63) is 63.6 Å². The molecule has 0 saturated heterocycles. The number of hydrogen-bond donors (Lipinski definition) is 1. The van der Waals surface area contributed by atoms with Crippen LogP contribution in [0.3, 0.4) is 0 Å². The zero-order valence-corrected chi connectivity index (χ0v) is 13.7. The fourth-order valence-electron chi connectivity index (χ4n) is 1.81. The van der Waals surface area contributed by atoms with Crippen molar-refractivity contribution in [2.45, 2.75) is 24.1 Å². The van der Waals surface area contributed by atoms with E-state index in [9.17, 15) is 0 Å². The number of benzene rings is 2. The van der Waals surface area contributed by atoms with Crippen LogP contribution in [0.5, 0.6) is 0 Å². The molecule has 1 N–H and O–H groups in total. The quantitative estimate of drug-likeness (QED) is 0.714. The van der Waals surface area contributed by atoms with Crippen molar-refractivity contribution >= 4 is 35.0 Å². The molecule has 106 valence electrons. The van der Waals surface area contributed by atoms with Gasteiger partial charge in [-0.25, -0.2) is 0 Å². The summed E-state index contributed by atoms with van der Waals surface area (Å²) in [5.41, 5.74) is 2.49. The van der Waals surface area contributed by atoms with Gasteiger partial charge in [0.1, 0.15) is 0 Å². The minimum Gasteiger partial charge on any atom is -0.313 e. The first kappa shape index (κ1) is 15.7. The van der Waals surface area contributed by atoms with E-state index in [1.165, 1.54) is 16.0 Å². The molecule has 1 nitrogen and oxygen atoms in total. The molecular formula is C16H17Cl2NS. The zero-order chi connectivity index (χ0) is 14.4. The zero-order valence-electron chi connectivity index (χ0n) is 11.3. The van der Waals surface area contributed by atoms with Gasteiger partial charge in [0.15, 0.2) is 0 Å². The van der Waals surface area contributed by atoms with Crippen LogP contribution in [-0.4, -0.2) is 6.54 Å². The Bertz CT molecular complexity index is 572. The maximum Gasteiger partial charge on any atom is 0.0595 e. The van der Waals surface area contributed by atoms with Gasteiger partial charge in [-0.15, -0.1) is 11.8 Å². The lowest BCUT2D eigenvalue weighted by atomic mass is 10.2. The lowest BCUT2D eigenvalue weighted by molar-refractivity contribution is 0.725. The van der Waals surface area contributed by atoms with Gasteiger partial charge in [0.2, 0.25) is 0 Å². The van der Waals surface area contributed by atoms with Crippen LogP contribution in [0.2, 0.25) is 10.0 Å². The molecule has 0 aliphatic carbocycles. The standard InChI is InChI=1S/C16H17Cl2NS/c1-2-19-10-12-4-3-5-14(8-12)20-11-13-6-7-15(17)16(18)9-13/h3-9,19H,2,10-11H2,1H3. The van der Waals surface area contributed by atoms with Gasteiger partial charge < -0.3 is 5.32 Å². The highest BCUT2D eigenvalue weighted by molar-refractivity contribution is 7.98. The van der Waals surface area contributed by atoms with Crippen LogP contribution in [-0.2, 0) is 12.3 Å². The number of halogens is 2. The number of nitrogens with one attached hydrogen (secondary N) is 1. The van der Waals surface area contributed by atoms with Crippen LogP contribution in [0.25, 0.3) is 0 Å². The van der Waals surface area contributed by atoms with Crippen LogP contribution < -0.4 is 5.32 Å². The van der Waals surface area contributed by atoms with E-state index in [0.29, 0.717) is 10.0 Å². The molecule has 20 heavy (non-hydrogen) atoms. The van der Waals surface area contributed by atoms with E-state index in [4.69, 9.17) is 23.2 Å². The summed E-state index contributed by atoms with van der Waals surface area (Å²) in [4.78, 5) is 1.27. The number of rotatable bonds is 6. The first-order chi connectivity index (χ1) is 9.69. The lowest BCUT2D eigenvalue weighted by Gasteiger charge is -2.06. The van der Waals surface area contributed by atoms with Crippen molar-refractivity contribution in [2.24, 2.45) is 0 Å². The van der Waals surface area contributed by atoms with E-state index in [1.807, 2.05) is 18.2 Å². The molecule has 0 spiro atoms. The Morgan fingerprint density at radius 3 is 2.60 bits per heavy atom. The average molecular weight is 326 g/mol. The molecule has 4 heteroatoms. The van der Waals surface area contributed by atoms with Crippen molar-refractivity contribution in [2.75, 3.05) is 6.54 Å². The Morgan fingerprint density at radius 1 is 1.00 bits per heavy atom. The predicted octanol–water partition coefficient (Wildman–Crippen LogP) is 5.40. The van der Waals surface area contributed by atoms with Gasteiger partial charge in [0.05, 0.1) is 10.0 Å². The van der Waals surface area contributed by atoms with Crippen molar-refractivity contribution in [1.29, 1.82) is 0 Å². The molecule has 0 aromatic heterocycles. The Kier molecular flexibility index (Phi) is 6.24. The first-order valence-corrected chi connectivity index (χ1v) is 8.29. The molecule has 2 aromatic rings. The second-order valence-corrected chi connectivity index (χ2v) is 6.33. The first-order valence-electron chi connectivity index (χ1n) is 6.55. The largest absolute Gasteiger partial charge is 0.313 e. The van der Waals surface area contributed by atoms with Crippen LogP contribution in [0, 0.1) is 0 Å². The van der Waals surface area contributed by atoms with E-state index in [1.54, 1.807) is 11.8 Å². The maximum atomic E-state index is 6.03. The Balaban J connectivity index is 1.97. The monoisotopic (exact) mass is 325 g/mol. The number of thioether (sulfide) groups is 1. The third kappa shape index (κ3) is 4.71. The van der Waals surface area contributed by atoms with Crippen LogP contribution in [0.1, 0.15) is 18.1 Å². The number of hydrogen-bond acceptors (Lipinski definition) is 2. The van der Waals surface area contributed by atoms with E-state index in [0.717, 1.165) is 18.8 Å². The van der Waals surface area contributed by atoms with Crippen LogP contribution >= 0.6 is 35.0 Å². The fourth-order valence-corrected chi connectivity index (χ4v) is 3.05. The Morgan fingerprint density at radius 2 is 1.85 bits per heavy atom. The van der Waals surface area contributed by atoms with Crippen molar-refractivity contribution in [3.8, 4) is 0 Å². The van der Waals surface area contributed by atoms with E-state index >= 15 is 0 Å². The van der Waals surface area contributed by atoms with Crippen molar-refractivity contribution < 1.29 is 0 Å². The van der Waals surface area contributed by atoms with Gasteiger partial charge in [-0.2, -0.15) is 0 Å². The molecule has 0 saturated carbocycles. The van der Waals surface area contributed by atoms with E-state index in [2.05, 4.69) is 36.5 Å². The molecule has 0 radical (unpaired) electrons. The van der Waals surface area contributed by atoms with Crippen LogP contribution in [0.15, 0.2) is 47.4 Å². The lowest BCUT2D eigenvalue weighted by Crippen LogP contribution is -2.11. The highest BCUT2D eigenvalue weighted by Crippen LogP contribution is 2.28. The van der Waals surface area contributed by atoms with Crippen molar-refractivity contribution in [3.63, 3.8) is 0 Å². The van der Waals surface area contributed by atoms with Gasteiger partial charge in [-0.05, 0) is 41.9 Å². The minimum atomic E-state index is 0.605. The molecule has 0 bridgehead atoms. The van der Waals surface area contributed by atoms with Gasteiger partial charge >= 0.3 is 0 Å². The summed E-state index contributed by atoms with van der Waals surface area (Å²) < 4.78 is 0. The SMILES string of the molecule is CCNCc1cccc(SCc2ccc(Cl)c(Cl)c2)c1. The summed E-state index contributed by atoms with van der Waals surface area (Å²) in [5, 5.41) is 4.56. The third-order valence-corrected chi connectivity index (χ3v) is 4.67. The van der Waals surface area contributed by atoms with Gasteiger partial charge in [0.25, 0.3) is 0 Å². The highest BCUT2D eigenvalue weighted by Gasteiger charge is 2.02. The molecule has 0 aliphatic rings. The molecule has 0 fully saturated rings. The van der Waals surface area contributed by atoms with E-state index < -0.39 is 0 Å². The van der Waals surface area contributed by atoms with Crippen molar-refractivity contribution in [1.82, 2.24) is 5.32 Å². The fraction of sp³-hybridized carbons (Fsp3) is 0.250.